The topological polar surface area (TPSA) is 55.5 Å². The van der Waals surface area contributed by atoms with E-state index >= 15 is 0 Å². The molecule has 22 heavy (non-hydrogen) atoms. The van der Waals surface area contributed by atoms with Gasteiger partial charge in [0.15, 0.2) is 5.17 Å². The second kappa shape index (κ2) is 5.41. The highest BCUT2D eigenvalue weighted by Gasteiger charge is 2.44. The van der Waals surface area contributed by atoms with Crippen LogP contribution in [-0.4, -0.2) is 16.7 Å². The minimum Gasteiger partial charge on any atom is -0.379 e. The Morgan fingerprint density at radius 2 is 2.18 bits per heavy atom. The van der Waals surface area contributed by atoms with E-state index in [1.165, 1.54) is 11.1 Å². The lowest BCUT2D eigenvalue weighted by Gasteiger charge is -2.45. The quantitative estimate of drug-likeness (QED) is 0.909. The number of fused-ring (bicyclic) bond motifs is 2. The van der Waals surface area contributed by atoms with Crippen molar-refractivity contribution in [2.24, 2.45) is 16.1 Å². The van der Waals surface area contributed by atoms with Gasteiger partial charge in [0.25, 0.3) is 0 Å². The first-order valence-electron chi connectivity index (χ1n) is 7.90. The molecule has 1 aliphatic heterocycles. The average molecular weight is 316 g/mol. The Morgan fingerprint density at radius 1 is 1.41 bits per heavy atom. The summed E-state index contributed by atoms with van der Waals surface area (Å²) >= 11 is 1.65. The van der Waals surface area contributed by atoms with Crippen molar-refractivity contribution in [3.63, 3.8) is 0 Å². The summed E-state index contributed by atoms with van der Waals surface area (Å²) in [5, 5.41) is 0.701. The first-order chi connectivity index (χ1) is 10.3. The second-order valence-corrected chi connectivity index (χ2v) is 8.58. The molecule has 0 bridgehead atoms. The first kappa shape index (κ1) is 15.6. The van der Waals surface area contributed by atoms with E-state index in [0.717, 1.165) is 30.6 Å². The van der Waals surface area contributed by atoms with E-state index in [-0.39, 0.29) is 16.7 Å². The van der Waals surface area contributed by atoms with Crippen LogP contribution in [-0.2, 0) is 23.2 Å². The predicted octanol–water partition coefficient (Wildman–Crippen LogP) is 3.44. The number of nitrogens with two attached hydrogens (primary N) is 1. The van der Waals surface area contributed by atoms with E-state index in [2.05, 4.69) is 32.0 Å². The molecule has 2 N–H and O–H groups in total. The third kappa shape index (κ3) is 2.94. The van der Waals surface area contributed by atoms with Gasteiger partial charge >= 0.3 is 0 Å². The lowest BCUT2D eigenvalue weighted by atomic mass is 9.64. The van der Waals surface area contributed by atoms with Crippen LogP contribution < -0.4 is 5.73 Å². The maximum Gasteiger partial charge on any atom is 0.154 e. The molecule has 0 saturated carbocycles. The highest BCUT2D eigenvalue weighted by atomic mass is 32.2. The number of benzene rings is 1. The average Bonchev–Trinajstić information content (AvgIpc) is 2.38. The molecule has 1 heterocycles. The first-order valence-corrected chi connectivity index (χ1v) is 8.88. The van der Waals surface area contributed by atoms with Crippen LogP contribution in [0, 0.1) is 5.41 Å². The Balaban J connectivity index is 2.12. The van der Waals surface area contributed by atoms with Gasteiger partial charge in [-0.3, -0.25) is 9.79 Å². The van der Waals surface area contributed by atoms with E-state index in [9.17, 15) is 4.79 Å². The summed E-state index contributed by atoms with van der Waals surface area (Å²) in [6, 6.07) is 6.50. The fourth-order valence-electron chi connectivity index (χ4n) is 4.02. The van der Waals surface area contributed by atoms with Crippen LogP contribution >= 0.6 is 11.8 Å². The second-order valence-electron chi connectivity index (χ2n) is 7.47. The fraction of sp³-hybridized carbons (Fsp3) is 0.556. The number of carbonyl (C=O) groups excluding carboxylic acids is 1. The van der Waals surface area contributed by atoms with Crippen molar-refractivity contribution in [1.29, 1.82) is 0 Å². The van der Waals surface area contributed by atoms with E-state index in [1.54, 1.807) is 18.7 Å². The molecule has 0 aromatic heterocycles. The molecule has 1 unspecified atom stereocenters. The molecule has 1 atom stereocenters. The maximum atomic E-state index is 11.5. The molecular weight excluding hydrogens is 292 g/mol. The third-order valence-corrected chi connectivity index (χ3v) is 5.45. The number of rotatable bonds is 2. The normalized spacial score (nSPS) is 26.4. The molecule has 2 aliphatic rings. The van der Waals surface area contributed by atoms with Crippen LogP contribution in [0.25, 0.3) is 0 Å². The summed E-state index contributed by atoms with van der Waals surface area (Å²) in [7, 11) is 0. The molecule has 0 saturated heterocycles. The van der Waals surface area contributed by atoms with Gasteiger partial charge in [-0.05, 0) is 48.3 Å². The molecule has 3 rings (SSSR count). The lowest BCUT2D eigenvalue weighted by molar-refractivity contribution is -0.116. The Bertz CT molecular complexity index is 650. The molecule has 0 amide bonds. The van der Waals surface area contributed by atoms with Gasteiger partial charge in [0.1, 0.15) is 5.78 Å². The van der Waals surface area contributed by atoms with Crippen molar-refractivity contribution in [1.82, 2.24) is 0 Å². The summed E-state index contributed by atoms with van der Waals surface area (Å²) < 4.78 is 0. The summed E-state index contributed by atoms with van der Waals surface area (Å²) in [6.07, 6.45) is 3.61. The predicted molar refractivity (Wildman–Crippen MR) is 93.3 cm³/mol. The Hall–Kier alpha value is -1.29. The van der Waals surface area contributed by atoms with Crippen molar-refractivity contribution in [3.05, 3.63) is 34.9 Å². The number of thioether (sulfide) groups is 1. The van der Waals surface area contributed by atoms with Crippen LogP contribution in [0.1, 0.15) is 50.3 Å². The van der Waals surface area contributed by atoms with Crippen LogP contribution in [0.4, 0.5) is 0 Å². The molecular formula is C18H24N2OS. The number of hydrogen-bond donors (Lipinski definition) is 1. The van der Waals surface area contributed by atoms with Crippen molar-refractivity contribution < 1.29 is 4.79 Å². The van der Waals surface area contributed by atoms with E-state index in [4.69, 9.17) is 10.7 Å². The van der Waals surface area contributed by atoms with Gasteiger partial charge in [0.2, 0.25) is 0 Å². The highest BCUT2D eigenvalue weighted by Crippen LogP contribution is 2.50. The monoisotopic (exact) mass is 316 g/mol. The van der Waals surface area contributed by atoms with Gasteiger partial charge in [-0.2, -0.15) is 0 Å². The zero-order chi connectivity index (χ0) is 16.0. The molecule has 1 aromatic rings. The number of aliphatic imine (C=N–C) groups is 1. The van der Waals surface area contributed by atoms with Gasteiger partial charge in [0.05, 0.1) is 5.54 Å². The molecule has 0 radical (unpaired) electrons. The molecule has 1 aliphatic carbocycles. The zero-order valence-corrected chi connectivity index (χ0v) is 14.4. The number of carbonyl (C=O) groups is 1. The minimum absolute atomic E-state index is 0.195. The van der Waals surface area contributed by atoms with E-state index in [1.807, 2.05) is 0 Å². The van der Waals surface area contributed by atoms with Gasteiger partial charge in [-0.25, -0.2) is 0 Å². The van der Waals surface area contributed by atoms with Crippen molar-refractivity contribution in [2.45, 2.75) is 52.0 Å². The number of ketones is 1. The standard InChI is InChI=1S/C18H24N2OS/c1-12(21)8-13-4-5-14-10-17(2,3)11-18(15(14)9-13)6-7-22-16(19)20-18/h4-5,9H,6-8,10-11H2,1-3H3,(H2,19,20). The zero-order valence-electron chi connectivity index (χ0n) is 13.6. The van der Waals surface area contributed by atoms with Crippen LogP contribution in [0.3, 0.4) is 0 Å². The smallest absolute Gasteiger partial charge is 0.154 e. The fourth-order valence-corrected chi connectivity index (χ4v) is 4.91. The van der Waals surface area contributed by atoms with Gasteiger partial charge in [-0.15, -0.1) is 0 Å². The van der Waals surface area contributed by atoms with Gasteiger partial charge in [0, 0.05) is 12.2 Å². The molecule has 1 spiro atoms. The Kier molecular flexibility index (Phi) is 3.84. The Morgan fingerprint density at radius 3 is 2.86 bits per heavy atom. The summed E-state index contributed by atoms with van der Waals surface area (Å²) in [5.74, 6) is 1.22. The molecule has 4 heteroatoms. The summed E-state index contributed by atoms with van der Waals surface area (Å²) in [6.45, 7) is 6.27. The molecule has 0 fully saturated rings. The van der Waals surface area contributed by atoms with Crippen molar-refractivity contribution >= 4 is 22.7 Å². The maximum absolute atomic E-state index is 11.5. The molecule has 1 aromatic carbocycles. The number of nitrogens with zero attached hydrogens (tertiary/aromatic N) is 1. The van der Waals surface area contributed by atoms with Crippen molar-refractivity contribution in [3.8, 4) is 0 Å². The van der Waals surface area contributed by atoms with E-state index < -0.39 is 0 Å². The highest BCUT2D eigenvalue weighted by molar-refractivity contribution is 8.13. The van der Waals surface area contributed by atoms with Crippen LogP contribution in [0.5, 0.6) is 0 Å². The molecule has 3 nitrogen and oxygen atoms in total. The van der Waals surface area contributed by atoms with Gasteiger partial charge < -0.3 is 5.73 Å². The number of hydrogen-bond acceptors (Lipinski definition) is 4. The van der Waals surface area contributed by atoms with Crippen LogP contribution in [0.2, 0.25) is 0 Å². The SMILES string of the molecule is CC(=O)Cc1ccc2c(c1)C1(CCSC(N)=N1)CC(C)(C)C2. The minimum atomic E-state index is -0.195. The van der Waals surface area contributed by atoms with E-state index in [0.29, 0.717) is 11.6 Å². The molecule has 118 valence electrons. The lowest BCUT2D eigenvalue weighted by Crippen LogP contribution is -2.41. The third-order valence-electron chi connectivity index (χ3n) is 4.66. The Labute approximate surface area is 136 Å². The summed E-state index contributed by atoms with van der Waals surface area (Å²) in [5.41, 5.74) is 9.85. The van der Waals surface area contributed by atoms with Gasteiger partial charge in [-0.1, -0.05) is 43.8 Å². The number of amidine groups is 1. The number of Topliss-reactive ketones (excluding diaryl/α,β-unsaturated/α-hetero) is 1. The van der Waals surface area contributed by atoms with Crippen LogP contribution in [0.15, 0.2) is 23.2 Å². The van der Waals surface area contributed by atoms with Crippen molar-refractivity contribution in [2.75, 3.05) is 5.75 Å². The largest absolute Gasteiger partial charge is 0.379 e. The summed E-state index contributed by atoms with van der Waals surface area (Å²) in [4.78, 5) is 16.4.